The lowest BCUT2D eigenvalue weighted by Crippen LogP contribution is -2.47. The van der Waals surface area contributed by atoms with E-state index < -0.39 is 29.3 Å². The molecule has 0 unspecified atom stereocenters. The van der Waals surface area contributed by atoms with Gasteiger partial charge in [-0.3, -0.25) is 0 Å². The Balaban J connectivity index is 0.00000361. The Morgan fingerprint density at radius 1 is 1.45 bits per heavy atom. The van der Waals surface area contributed by atoms with Crippen molar-refractivity contribution in [3.63, 3.8) is 0 Å². The number of hydrogen-bond acceptors (Lipinski definition) is 5. The van der Waals surface area contributed by atoms with Crippen molar-refractivity contribution in [3.8, 4) is 0 Å². The number of rotatable bonds is 3. The van der Waals surface area contributed by atoms with Crippen molar-refractivity contribution in [1.82, 2.24) is 10.6 Å². The summed E-state index contributed by atoms with van der Waals surface area (Å²) >= 11 is 0. The van der Waals surface area contributed by atoms with Crippen LogP contribution in [0.25, 0.3) is 0 Å². The first kappa shape index (κ1) is 18.9. The average Bonchev–Trinajstić information content (AvgIpc) is 2.66. The van der Waals surface area contributed by atoms with Crippen LogP contribution in [0.5, 0.6) is 0 Å². The Hall–Kier alpha value is -1.08. The van der Waals surface area contributed by atoms with Crippen LogP contribution >= 0.6 is 12.4 Å². The zero-order valence-corrected chi connectivity index (χ0v) is 12.9. The standard InChI is InChI=1S/C12H21FN2O4.ClH/c1-11(2,3)19-10(17)15-6-8-5-14-7-12(8,13)9(16)18-4;/h8,14H,5-7H2,1-4H3,(H,15,17);1H/t8-,12+;/m0./s1. The Bertz CT molecular complexity index is 362. The van der Waals surface area contributed by atoms with E-state index >= 15 is 0 Å². The zero-order chi connectivity index (χ0) is 14.7. The lowest BCUT2D eigenvalue weighted by molar-refractivity contribution is -0.156. The van der Waals surface area contributed by atoms with Gasteiger partial charge in [-0.05, 0) is 20.8 Å². The number of nitrogens with one attached hydrogen (secondary N) is 2. The van der Waals surface area contributed by atoms with E-state index in [0.29, 0.717) is 6.54 Å². The summed E-state index contributed by atoms with van der Waals surface area (Å²) < 4.78 is 23.9. The molecule has 2 N–H and O–H groups in total. The van der Waals surface area contributed by atoms with Crippen molar-refractivity contribution in [2.45, 2.75) is 32.0 Å². The highest BCUT2D eigenvalue weighted by atomic mass is 35.5. The third-order valence-corrected chi connectivity index (χ3v) is 2.84. The van der Waals surface area contributed by atoms with Gasteiger partial charge in [-0.2, -0.15) is 0 Å². The van der Waals surface area contributed by atoms with Crippen LogP contribution < -0.4 is 10.6 Å². The predicted octanol–water partition coefficient (Wildman–Crippen LogP) is 1.03. The highest BCUT2D eigenvalue weighted by molar-refractivity contribution is 5.85. The lowest BCUT2D eigenvalue weighted by atomic mass is 9.93. The quantitative estimate of drug-likeness (QED) is 0.761. The van der Waals surface area contributed by atoms with Crippen molar-refractivity contribution in [3.05, 3.63) is 0 Å². The molecule has 0 spiro atoms. The van der Waals surface area contributed by atoms with Crippen molar-refractivity contribution in [2.75, 3.05) is 26.7 Å². The highest BCUT2D eigenvalue weighted by Crippen LogP contribution is 2.27. The fraction of sp³-hybridized carbons (Fsp3) is 0.833. The highest BCUT2D eigenvalue weighted by Gasteiger charge is 2.51. The molecule has 0 radical (unpaired) electrons. The number of esters is 1. The first-order chi connectivity index (χ1) is 8.69. The van der Waals surface area contributed by atoms with Gasteiger partial charge < -0.3 is 20.1 Å². The van der Waals surface area contributed by atoms with Gasteiger partial charge in [0.25, 0.3) is 0 Å². The predicted molar refractivity (Wildman–Crippen MR) is 73.7 cm³/mol. The van der Waals surface area contributed by atoms with Gasteiger partial charge in [0.2, 0.25) is 5.67 Å². The molecular weight excluding hydrogens is 291 g/mol. The second-order valence-corrected chi connectivity index (χ2v) is 5.56. The molecule has 20 heavy (non-hydrogen) atoms. The molecule has 8 heteroatoms. The van der Waals surface area contributed by atoms with Crippen LogP contribution in [0.4, 0.5) is 9.18 Å². The molecule has 0 saturated carbocycles. The van der Waals surface area contributed by atoms with Gasteiger partial charge >= 0.3 is 12.1 Å². The first-order valence-electron chi connectivity index (χ1n) is 6.14. The normalized spacial score (nSPS) is 25.6. The number of alkyl halides is 1. The van der Waals surface area contributed by atoms with E-state index in [1.165, 1.54) is 0 Å². The molecule has 1 fully saturated rings. The maximum Gasteiger partial charge on any atom is 0.407 e. The van der Waals surface area contributed by atoms with Crippen LogP contribution in [-0.2, 0) is 14.3 Å². The molecule has 0 aliphatic carbocycles. The van der Waals surface area contributed by atoms with Gasteiger partial charge in [0.15, 0.2) is 0 Å². The largest absolute Gasteiger partial charge is 0.467 e. The number of methoxy groups -OCH3 is 1. The minimum Gasteiger partial charge on any atom is -0.467 e. The molecule has 1 heterocycles. The number of hydrogen-bond donors (Lipinski definition) is 2. The van der Waals surface area contributed by atoms with Gasteiger partial charge in [0.05, 0.1) is 7.11 Å². The van der Waals surface area contributed by atoms with Crippen molar-refractivity contribution >= 4 is 24.5 Å². The fourth-order valence-corrected chi connectivity index (χ4v) is 1.90. The number of alkyl carbamates (subject to hydrolysis) is 1. The van der Waals surface area contributed by atoms with E-state index in [1.54, 1.807) is 20.8 Å². The topological polar surface area (TPSA) is 76.7 Å². The van der Waals surface area contributed by atoms with Gasteiger partial charge in [-0.1, -0.05) is 0 Å². The average molecular weight is 313 g/mol. The summed E-state index contributed by atoms with van der Waals surface area (Å²) in [6.07, 6.45) is -0.633. The maximum atomic E-state index is 14.4. The third kappa shape index (κ3) is 4.79. The monoisotopic (exact) mass is 312 g/mol. The molecule has 118 valence electrons. The molecule has 2 atom stereocenters. The summed E-state index contributed by atoms with van der Waals surface area (Å²) in [5, 5.41) is 5.25. The second kappa shape index (κ2) is 7.08. The van der Waals surface area contributed by atoms with Crippen LogP contribution in [0.15, 0.2) is 0 Å². The number of ether oxygens (including phenoxy) is 2. The maximum absolute atomic E-state index is 14.4. The van der Waals surface area contributed by atoms with Crippen LogP contribution in [-0.4, -0.2) is 50.1 Å². The smallest absolute Gasteiger partial charge is 0.407 e. The van der Waals surface area contributed by atoms with Crippen molar-refractivity contribution in [1.29, 1.82) is 0 Å². The summed E-state index contributed by atoms with van der Waals surface area (Å²) in [4.78, 5) is 22.9. The third-order valence-electron chi connectivity index (χ3n) is 2.84. The van der Waals surface area contributed by atoms with E-state index in [-0.39, 0.29) is 25.5 Å². The van der Waals surface area contributed by atoms with Crippen LogP contribution in [0.3, 0.4) is 0 Å². The molecule has 0 aromatic rings. The zero-order valence-electron chi connectivity index (χ0n) is 12.1. The summed E-state index contributed by atoms with van der Waals surface area (Å²) in [6, 6.07) is 0. The summed E-state index contributed by atoms with van der Waals surface area (Å²) in [5.74, 6) is -1.60. The molecule has 0 aromatic carbocycles. The van der Waals surface area contributed by atoms with E-state index in [4.69, 9.17) is 4.74 Å². The van der Waals surface area contributed by atoms with E-state index in [9.17, 15) is 14.0 Å². The number of carbonyl (C=O) groups excluding carboxylic acids is 2. The van der Waals surface area contributed by atoms with Crippen molar-refractivity contribution < 1.29 is 23.5 Å². The molecule has 1 aliphatic heterocycles. The molecular formula is C12H22ClFN2O4. The van der Waals surface area contributed by atoms with Gasteiger partial charge in [-0.25, -0.2) is 14.0 Å². The van der Waals surface area contributed by atoms with Gasteiger partial charge in [0.1, 0.15) is 5.60 Å². The minimum atomic E-state index is -2.11. The van der Waals surface area contributed by atoms with Crippen LogP contribution in [0.2, 0.25) is 0 Å². The van der Waals surface area contributed by atoms with Crippen LogP contribution in [0, 0.1) is 5.92 Å². The Morgan fingerprint density at radius 2 is 2.05 bits per heavy atom. The molecule has 6 nitrogen and oxygen atoms in total. The molecule has 1 aliphatic rings. The van der Waals surface area contributed by atoms with Crippen molar-refractivity contribution in [2.24, 2.45) is 5.92 Å². The molecule has 0 aromatic heterocycles. The Labute approximate surface area is 124 Å². The molecule has 0 bridgehead atoms. The lowest BCUT2D eigenvalue weighted by Gasteiger charge is -2.25. The van der Waals surface area contributed by atoms with Crippen LogP contribution in [0.1, 0.15) is 20.8 Å². The second-order valence-electron chi connectivity index (χ2n) is 5.56. The number of carbonyl (C=O) groups is 2. The number of halogens is 2. The summed E-state index contributed by atoms with van der Waals surface area (Å²) in [6.45, 7) is 5.39. The van der Waals surface area contributed by atoms with Gasteiger partial charge in [0, 0.05) is 25.6 Å². The minimum absolute atomic E-state index is 0. The molecule has 1 saturated heterocycles. The Morgan fingerprint density at radius 3 is 2.55 bits per heavy atom. The Kier molecular flexibility index (Phi) is 6.70. The number of amides is 1. The summed E-state index contributed by atoms with van der Waals surface area (Å²) in [7, 11) is 1.14. The van der Waals surface area contributed by atoms with E-state index in [0.717, 1.165) is 7.11 Å². The molecule has 1 amide bonds. The summed E-state index contributed by atoms with van der Waals surface area (Å²) in [5.41, 5.74) is -2.73. The molecule has 1 rings (SSSR count). The first-order valence-corrected chi connectivity index (χ1v) is 6.14. The van der Waals surface area contributed by atoms with Gasteiger partial charge in [-0.15, -0.1) is 12.4 Å². The fourth-order valence-electron chi connectivity index (χ4n) is 1.90. The van der Waals surface area contributed by atoms with E-state index in [1.807, 2.05) is 0 Å². The van der Waals surface area contributed by atoms with E-state index in [2.05, 4.69) is 15.4 Å². The SMILES string of the molecule is COC(=O)[C@@]1(F)CNC[C@H]1CNC(=O)OC(C)(C)C.Cl.